The zero-order valence-corrected chi connectivity index (χ0v) is 12.5. The number of benzene rings is 1. The lowest BCUT2D eigenvalue weighted by Gasteiger charge is -2.51. The topological polar surface area (TPSA) is 60.7 Å². The summed E-state index contributed by atoms with van der Waals surface area (Å²) in [5.41, 5.74) is 2.51. The largest absolute Gasteiger partial charge is 0.508 e. The maximum Gasteiger partial charge on any atom is 0.115 e. The molecule has 6 atom stereocenters. The third kappa shape index (κ3) is 1.94. The van der Waals surface area contributed by atoms with Crippen molar-refractivity contribution in [1.82, 2.24) is 0 Å². The highest BCUT2D eigenvalue weighted by atomic mass is 16.3. The maximum atomic E-state index is 10.8. The third-order valence-electron chi connectivity index (χ3n) is 6.42. The van der Waals surface area contributed by atoms with Crippen LogP contribution in [0.3, 0.4) is 0 Å². The molecule has 3 N–H and O–H groups in total. The monoisotopic (exact) mass is 288 g/mol. The van der Waals surface area contributed by atoms with E-state index in [2.05, 4.69) is 6.92 Å². The second-order valence-electron chi connectivity index (χ2n) is 7.74. The van der Waals surface area contributed by atoms with Crippen molar-refractivity contribution < 1.29 is 15.3 Å². The van der Waals surface area contributed by atoms with Crippen LogP contribution in [0.2, 0.25) is 0 Å². The van der Waals surface area contributed by atoms with Gasteiger partial charge in [0.1, 0.15) is 5.75 Å². The molecule has 2 saturated carbocycles. The Hall–Kier alpha value is -1.06. The van der Waals surface area contributed by atoms with E-state index in [9.17, 15) is 15.3 Å². The molecule has 0 radical (unpaired) electrons. The minimum Gasteiger partial charge on any atom is -0.508 e. The summed E-state index contributed by atoms with van der Waals surface area (Å²) < 4.78 is 0. The van der Waals surface area contributed by atoms with Crippen molar-refractivity contribution in [2.24, 2.45) is 17.3 Å². The van der Waals surface area contributed by atoms with Gasteiger partial charge < -0.3 is 15.3 Å². The molecule has 0 aromatic heterocycles. The Kier molecular flexibility index (Phi) is 2.89. The number of hydrogen-bond donors (Lipinski definition) is 3. The fourth-order valence-corrected chi connectivity index (χ4v) is 5.69. The van der Waals surface area contributed by atoms with E-state index in [1.807, 2.05) is 12.1 Å². The van der Waals surface area contributed by atoms with Gasteiger partial charge in [-0.05, 0) is 72.6 Å². The molecule has 114 valence electrons. The van der Waals surface area contributed by atoms with Gasteiger partial charge in [-0.1, -0.05) is 13.0 Å². The van der Waals surface area contributed by atoms with Gasteiger partial charge in [-0.15, -0.1) is 0 Å². The molecule has 3 heteroatoms. The van der Waals surface area contributed by atoms with E-state index in [4.69, 9.17) is 0 Å². The minimum atomic E-state index is -0.329. The lowest BCUT2D eigenvalue weighted by Crippen LogP contribution is -2.46. The van der Waals surface area contributed by atoms with Gasteiger partial charge in [0.15, 0.2) is 0 Å². The fourth-order valence-electron chi connectivity index (χ4n) is 5.69. The number of aliphatic hydroxyl groups excluding tert-OH is 2. The van der Waals surface area contributed by atoms with Gasteiger partial charge in [0.05, 0.1) is 12.2 Å². The summed E-state index contributed by atoms with van der Waals surface area (Å²) in [6.45, 7) is 2.25. The predicted molar refractivity (Wildman–Crippen MR) is 80.1 cm³/mol. The second kappa shape index (κ2) is 4.47. The van der Waals surface area contributed by atoms with Crippen LogP contribution < -0.4 is 0 Å². The first-order chi connectivity index (χ1) is 9.98. The van der Waals surface area contributed by atoms with Crippen LogP contribution in [0.5, 0.6) is 5.75 Å². The van der Waals surface area contributed by atoms with Crippen molar-refractivity contribution in [3.63, 3.8) is 0 Å². The lowest BCUT2D eigenvalue weighted by atomic mass is 9.55. The Bertz CT molecular complexity index is 570. The highest BCUT2D eigenvalue weighted by Gasteiger charge is 2.55. The van der Waals surface area contributed by atoms with Crippen LogP contribution in [-0.4, -0.2) is 27.5 Å². The van der Waals surface area contributed by atoms with Crippen LogP contribution in [0.1, 0.15) is 49.7 Å². The Balaban J connectivity index is 1.75. The number of hydrogen-bond acceptors (Lipinski definition) is 3. The smallest absolute Gasteiger partial charge is 0.115 e. The van der Waals surface area contributed by atoms with E-state index in [0.29, 0.717) is 17.6 Å². The predicted octanol–water partition coefficient (Wildman–Crippen LogP) is 2.58. The van der Waals surface area contributed by atoms with Crippen LogP contribution in [0.4, 0.5) is 0 Å². The molecule has 3 nitrogen and oxygen atoms in total. The van der Waals surface area contributed by atoms with Gasteiger partial charge in [-0.3, -0.25) is 0 Å². The summed E-state index contributed by atoms with van der Waals surface area (Å²) in [6, 6.07) is 5.60. The number of aliphatic hydroxyl groups is 2. The quantitative estimate of drug-likeness (QED) is 0.687. The van der Waals surface area contributed by atoms with Crippen LogP contribution in [0.15, 0.2) is 18.2 Å². The Morgan fingerprint density at radius 3 is 2.81 bits per heavy atom. The molecule has 0 unspecified atom stereocenters. The summed E-state index contributed by atoms with van der Waals surface area (Å²) in [5.74, 6) is 1.48. The number of rotatable bonds is 0. The van der Waals surface area contributed by atoms with Gasteiger partial charge in [-0.2, -0.15) is 0 Å². The molecule has 1 aromatic carbocycles. The molecule has 0 amide bonds. The highest BCUT2D eigenvalue weighted by Crippen LogP contribution is 2.60. The minimum absolute atomic E-state index is 0.0917. The Morgan fingerprint density at radius 1 is 1.19 bits per heavy atom. The van der Waals surface area contributed by atoms with E-state index in [1.54, 1.807) is 6.07 Å². The lowest BCUT2D eigenvalue weighted by molar-refractivity contribution is -0.0373. The van der Waals surface area contributed by atoms with E-state index in [1.165, 1.54) is 11.1 Å². The Morgan fingerprint density at radius 2 is 2.00 bits per heavy atom. The van der Waals surface area contributed by atoms with Crippen molar-refractivity contribution in [2.75, 3.05) is 0 Å². The molecule has 0 heterocycles. The van der Waals surface area contributed by atoms with Gasteiger partial charge in [-0.25, -0.2) is 0 Å². The first-order valence-corrected chi connectivity index (χ1v) is 8.16. The summed E-state index contributed by atoms with van der Waals surface area (Å²) in [4.78, 5) is 0. The molecule has 0 aliphatic heterocycles. The van der Waals surface area contributed by atoms with Crippen molar-refractivity contribution in [3.05, 3.63) is 29.3 Å². The van der Waals surface area contributed by atoms with Crippen molar-refractivity contribution in [2.45, 2.75) is 57.2 Å². The van der Waals surface area contributed by atoms with Crippen LogP contribution >= 0.6 is 0 Å². The molecule has 21 heavy (non-hydrogen) atoms. The number of aromatic hydroxyl groups is 1. The number of phenolic OH excluding ortho intramolecular Hbond substituents is 1. The summed E-state index contributed by atoms with van der Waals surface area (Å²) in [6.07, 6.45) is 4.01. The molecule has 3 aliphatic carbocycles. The molecule has 4 rings (SSSR count). The van der Waals surface area contributed by atoms with Crippen LogP contribution in [0.25, 0.3) is 0 Å². The van der Waals surface area contributed by atoms with Gasteiger partial charge in [0.25, 0.3) is 0 Å². The van der Waals surface area contributed by atoms with Gasteiger partial charge in [0.2, 0.25) is 0 Å². The molecule has 0 bridgehead atoms. The number of aryl methyl sites for hydroxylation is 1. The maximum absolute atomic E-state index is 10.8. The van der Waals surface area contributed by atoms with Crippen molar-refractivity contribution in [3.8, 4) is 5.75 Å². The SMILES string of the molecule is C[C@@]12C[C@H](O)C[C@H]1[C@@H]1CCc3cc(O)ccc3[C@H]1[C@@H](O)C2. The number of phenols is 1. The van der Waals surface area contributed by atoms with E-state index in [-0.39, 0.29) is 23.5 Å². The first-order valence-electron chi connectivity index (χ1n) is 8.16. The van der Waals surface area contributed by atoms with Crippen molar-refractivity contribution >= 4 is 0 Å². The normalized spacial score (nSPS) is 44.8. The van der Waals surface area contributed by atoms with Gasteiger partial charge >= 0.3 is 0 Å². The Labute approximate surface area is 125 Å². The van der Waals surface area contributed by atoms with Crippen LogP contribution in [0, 0.1) is 17.3 Å². The second-order valence-corrected chi connectivity index (χ2v) is 7.74. The van der Waals surface area contributed by atoms with Gasteiger partial charge in [0, 0.05) is 5.92 Å². The third-order valence-corrected chi connectivity index (χ3v) is 6.42. The highest BCUT2D eigenvalue weighted by molar-refractivity contribution is 5.40. The summed E-state index contributed by atoms with van der Waals surface area (Å²) >= 11 is 0. The van der Waals surface area contributed by atoms with Crippen molar-refractivity contribution in [1.29, 1.82) is 0 Å². The molecular formula is C18H24O3. The molecular weight excluding hydrogens is 264 g/mol. The number of fused-ring (bicyclic) bond motifs is 5. The molecule has 0 saturated heterocycles. The fraction of sp³-hybridized carbons (Fsp3) is 0.667. The van der Waals surface area contributed by atoms with E-state index < -0.39 is 0 Å². The molecule has 0 spiro atoms. The molecule has 1 aromatic rings. The summed E-state index contributed by atoms with van der Waals surface area (Å²) in [5, 5.41) is 30.6. The van der Waals surface area contributed by atoms with Crippen LogP contribution in [-0.2, 0) is 6.42 Å². The molecule has 3 aliphatic rings. The first kappa shape index (κ1) is 13.6. The average molecular weight is 288 g/mol. The average Bonchev–Trinajstić information content (AvgIpc) is 2.72. The van der Waals surface area contributed by atoms with E-state index >= 15 is 0 Å². The standard InChI is InChI=1S/C18H24O3/c1-18-8-12(20)7-15(18)14-4-2-10-6-11(19)3-5-13(10)17(14)16(21)9-18/h3,5-6,12,14-17,19-21H,2,4,7-9H2,1H3/t12-,14+,15+,16+,17-,18+/m1/s1. The molecule has 2 fully saturated rings. The van der Waals surface area contributed by atoms with E-state index in [0.717, 1.165) is 32.1 Å². The zero-order chi connectivity index (χ0) is 14.8. The summed E-state index contributed by atoms with van der Waals surface area (Å²) in [7, 11) is 0. The zero-order valence-electron chi connectivity index (χ0n) is 12.5.